The predicted molar refractivity (Wildman–Crippen MR) is 103 cm³/mol. The Labute approximate surface area is 167 Å². The van der Waals surface area contributed by atoms with Gasteiger partial charge in [-0.15, -0.1) is 0 Å². The van der Waals surface area contributed by atoms with E-state index < -0.39 is 17.5 Å². The summed E-state index contributed by atoms with van der Waals surface area (Å²) in [6.07, 6.45) is 5.05. The van der Waals surface area contributed by atoms with Crippen LogP contribution >= 0.6 is 0 Å². The number of halogens is 3. The van der Waals surface area contributed by atoms with E-state index in [1.165, 1.54) is 0 Å². The van der Waals surface area contributed by atoms with Gasteiger partial charge in [-0.1, -0.05) is 42.0 Å². The summed E-state index contributed by atoms with van der Waals surface area (Å²) in [6.45, 7) is 0.215. The van der Waals surface area contributed by atoms with Crippen LogP contribution in [-0.4, -0.2) is 23.1 Å². The summed E-state index contributed by atoms with van der Waals surface area (Å²) in [4.78, 5) is 14.5. The Kier molecular flexibility index (Phi) is 5.60. The van der Waals surface area contributed by atoms with Gasteiger partial charge in [0.05, 0.1) is 6.04 Å². The molecule has 0 spiro atoms. The van der Waals surface area contributed by atoms with Crippen molar-refractivity contribution in [2.45, 2.75) is 50.8 Å². The van der Waals surface area contributed by atoms with Crippen LogP contribution in [0.1, 0.15) is 36.8 Å². The second-order valence-corrected chi connectivity index (χ2v) is 7.66. The van der Waals surface area contributed by atoms with Crippen LogP contribution in [-0.2, 0) is 17.8 Å². The number of fused-ring (bicyclic) bond motifs is 2. The SMILES string of the molecule is O=C(OCc1ccccc1)N1C2C=C(Cc3cc(F)c(F)cc3F)CC1CCC2. The third kappa shape index (κ3) is 4.31. The van der Waals surface area contributed by atoms with Gasteiger partial charge in [-0.3, -0.25) is 4.90 Å². The number of hydrogen-bond donors (Lipinski definition) is 0. The molecule has 2 atom stereocenters. The highest BCUT2D eigenvalue weighted by Crippen LogP contribution is 2.35. The zero-order valence-electron chi connectivity index (χ0n) is 15.9. The molecular formula is C23H22F3NO2. The molecule has 1 amide bonds. The van der Waals surface area contributed by atoms with Gasteiger partial charge in [0.1, 0.15) is 12.4 Å². The minimum absolute atomic E-state index is 0.0228. The quantitative estimate of drug-likeness (QED) is 0.498. The zero-order chi connectivity index (χ0) is 20.4. The first kappa shape index (κ1) is 19.6. The molecule has 3 nitrogen and oxygen atoms in total. The number of carbonyl (C=O) groups is 1. The van der Waals surface area contributed by atoms with E-state index in [1.54, 1.807) is 4.90 Å². The Hall–Kier alpha value is -2.76. The van der Waals surface area contributed by atoms with Crippen LogP contribution in [0.4, 0.5) is 18.0 Å². The fraction of sp³-hybridized carbons (Fsp3) is 0.348. The summed E-state index contributed by atoms with van der Waals surface area (Å²) in [5, 5.41) is 0. The molecule has 2 aromatic rings. The fourth-order valence-corrected chi connectivity index (χ4v) is 4.27. The number of amides is 1. The monoisotopic (exact) mass is 401 g/mol. The Bertz CT molecular complexity index is 929. The maximum Gasteiger partial charge on any atom is 0.410 e. The molecule has 152 valence electrons. The van der Waals surface area contributed by atoms with E-state index in [2.05, 4.69) is 0 Å². The Morgan fingerprint density at radius 2 is 1.79 bits per heavy atom. The minimum Gasteiger partial charge on any atom is -0.445 e. The first-order valence-corrected chi connectivity index (χ1v) is 9.83. The smallest absolute Gasteiger partial charge is 0.410 e. The maximum atomic E-state index is 14.0. The van der Waals surface area contributed by atoms with Crippen molar-refractivity contribution in [1.82, 2.24) is 4.90 Å². The van der Waals surface area contributed by atoms with Gasteiger partial charge in [0.25, 0.3) is 0 Å². The van der Waals surface area contributed by atoms with Crippen molar-refractivity contribution in [1.29, 1.82) is 0 Å². The third-order valence-corrected chi connectivity index (χ3v) is 5.64. The molecular weight excluding hydrogens is 379 g/mol. The maximum absolute atomic E-state index is 14.0. The molecule has 2 aliphatic heterocycles. The van der Waals surface area contributed by atoms with Gasteiger partial charge >= 0.3 is 6.09 Å². The van der Waals surface area contributed by atoms with Crippen LogP contribution in [0.5, 0.6) is 0 Å². The van der Waals surface area contributed by atoms with Crippen molar-refractivity contribution in [3.63, 3.8) is 0 Å². The molecule has 2 bridgehead atoms. The molecule has 4 rings (SSSR count). The van der Waals surface area contributed by atoms with Gasteiger partial charge in [0.2, 0.25) is 0 Å². The van der Waals surface area contributed by atoms with Crippen molar-refractivity contribution in [3.8, 4) is 0 Å². The number of nitrogens with zero attached hydrogens (tertiary/aromatic N) is 1. The third-order valence-electron chi connectivity index (χ3n) is 5.64. The first-order valence-electron chi connectivity index (χ1n) is 9.83. The van der Waals surface area contributed by atoms with Gasteiger partial charge in [0.15, 0.2) is 11.6 Å². The van der Waals surface area contributed by atoms with Crippen LogP contribution in [0.15, 0.2) is 54.1 Å². The van der Waals surface area contributed by atoms with Crippen LogP contribution in [0.25, 0.3) is 0 Å². The zero-order valence-corrected chi connectivity index (χ0v) is 15.9. The molecule has 29 heavy (non-hydrogen) atoms. The summed E-state index contributed by atoms with van der Waals surface area (Å²) in [6, 6.07) is 10.9. The normalized spacial score (nSPS) is 20.9. The van der Waals surface area contributed by atoms with Crippen LogP contribution in [0.3, 0.4) is 0 Å². The fourth-order valence-electron chi connectivity index (χ4n) is 4.27. The van der Waals surface area contributed by atoms with E-state index >= 15 is 0 Å². The average Bonchev–Trinajstić information content (AvgIpc) is 2.70. The number of hydrogen-bond acceptors (Lipinski definition) is 2. The Morgan fingerprint density at radius 1 is 1.03 bits per heavy atom. The summed E-state index contributed by atoms with van der Waals surface area (Å²) < 4.78 is 46.2. The number of piperidine rings is 1. The summed E-state index contributed by atoms with van der Waals surface area (Å²) >= 11 is 0. The number of rotatable bonds is 4. The van der Waals surface area contributed by atoms with E-state index in [0.29, 0.717) is 12.5 Å². The summed E-state index contributed by atoms with van der Waals surface area (Å²) in [5.74, 6) is -2.99. The number of benzene rings is 2. The van der Waals surface area contributed by atoms with Gasteiger partial charge in [0, 0.05) is 12.1 Å². The van der Waals surface area contributed by atoms with Crippen LogP contribution < -0.4 is 0 Å². The molecule has 0 aliphatic carbocycles. The molecule has 2 aromatic carbocycles. The first-order chi connectivity index (χ1) is 14.0. The molecule has 1 saturated heterocycles. The molecule has 2 unspecified atom stereocenters. The lowest BCUT2D eigenvalue weighted by Gasteiger charge is -2.44. The van der Waals surface area contributed by atoms with Gasteiger partial charge in [-0.25, -0.2) is 18.0 Å². The van der Waals surface area contributed by atoms with E-state index in [4.69, 9.17) is 4.74 Å². The van der Waals surface area contributed by atoms with E-state index in [-0.39, 0.29) is 36.8 Å². The van der Waals surface area contributed by atoms with Crippen molar-refractivity contribution in [2.75, 3.05) is 0 Å². The lowest BCUT2D eigenvalue weighted by atomic mass is 9.83. The van der Waals surface area contributed by atoms with Gasteiger partial charge < -0.3 is 4.74 Å². The molecule has 0 N–H and O–H groups in total. The Morgan fingerprint density at radius 3 is 2.55 bits per heavy atom. The predicted octanol–water partition coefficient (Wildman–Crippen LogP) is 5.54. The Balaban J connectivity index is 1.47. The lowest BCUT2D eigenvalue weighted by molar-refractivity contribution is 0.0481. The molecule has 0 saturated carbocycles. The lowest BCUT2D eigenvalue weighted by Crippen LogP contribution is -2.52. The van der Waals surface area contributed by atoms with Crippen molar-refractivity contribution in [3.05, 3.63) is 82.7 Å². The summed E-state index contributed by atoms with van der Waals surface area (Å²) in [5.41, 5.74) is 2.00. The second-order valence-electron chi connectivity index (χ2n) is 7.66. The van der Waals surface area contributed by atoms with Crippen LogP contribution in [0.2, 0.25) is 0 Å². The molecule has 6 heteroatoms. The largest absolute Gasteiger partial charge is 0.445 e. The average molecular weight is 401 g/mol. The van der Waals surface area contributed by atoms with E-state index in [0.717, 1.165) is 36.5 Å². The van der Waals surface area contributed by atoms with Crippen molar-refractivity contribution >= 4 is 6.09 Å². The molecule has 2 aliphatic rings. The second kappa shape index (κ2) is 8.31. The van der Waals surface area contributed by atoms with Crippen molar-refractivity contribution in [2.24, 2.45) is 0 Å². The van der Waals surface area contributed by atoms with E-state index in [9.17, 15) is 18.0 Å². The summed E-state index contributed by atoms with van der Waals surface area (Å²) in [7, 11) is 0. The highest BCUT2D eigenvalue weighted by atomic mass is 19.2. The highest BCUT2D eigenvalue weighted by molar-refractivity contribution is 5.69. The molecule has 0 aromatic heterocycles. The highest BCUT2D eigenvalue weighted by Gasteiger charge is 2.38. The topological polar surface area (TPSA) is 29.5 Å². The minimum atomic E-state index is -1.19. The standard InChI is InChI=1S/C23H22F3NO2/c24-20-13-22(26)21(25)12-17(20)9-16-10-18-7-4-8-19(11-16)27(18)23(28)29-14-15-5-2-1-3-6-15/h1-3,5-6,10,12-13,18-19H,4,7-9,11,14H2. The molecule has 2 heterocycles. The molecule has 1 fully saturated rings. The number of carbonyl (C=O) groups excluding carboxylic acids is 1. The number of ether oxygens (including phenoxy) is 1. The van der Waals surface area contributed by atoms with E-state index in [1.807, 2.05) is 36.4 Å². The van der Waals surface area contributed by atoms with Crippen LogP contribution in [0, 0.1) is 17.5 Å². The van der Waals surface area contributed by atoms with Crippen molar-refractivity contribution < 1.29 is 22.7 Å². The molecule has 0 radical (unpaired) electrons. The van der Waals surface area contributed by atoms with Gasteiger partial charge in [-0.05, 0) is 49.3 Å². The van der Waals surface area contributed by atoms with Gasteiger partial charge in [-0.2, -0.15) is 0 Å².